The zero-order chi connectivity index (χ0) is 18.2. The summed E-state index contributed by atoms with van der Waals surface area (Å²) >= 11 is 0. The highest BCUT2D eigenvalue weighted by molar-refractivity contribution is 5.89. The number of H-pyrrole nitrogens is 1. The Morgan fingerprint density at radius 1 is 1.12 bits per heavy atom. The van der Waals surface area contributed by atoms with Gasteiger partial charge in [0.2, 0.25) is 0 Å². The lowest BCUT2D eigenvalue weighted by Gasteiger charge is -2.23. The van der Waals surface area contributed by atoms with Crippen LogP contribution in [0.25, 0.3) is 0 Å². The van der Waals surface area contributed by atoms with Crippen molar-refractivity contribution in [2.45, 2.75) is 12.3 Å². The molecule has 0 aliphatic heterocycles. The summed E-state index contributed by atoms with van der Waals surface area (Å²) < 4.78 is 11.5. The maximum atomic E-state index is 12.0. The molecule has 0 aliphatic carbocycles. The highest BCUT2D eigenvalue weighted by Gasteiger charge is 2.21. The Morgan fingerprint density at radius 2 is 1.80 bits per heavy atom. The number of carbonyl (C=O) groups is 1. The third-order valence-corrected chi connectivity index (χ3v) is 3.28. The number of carbonyl (C=O) groups excluding carboxylic acids is 1. The molecule has 134 valence electrons. The van der Waals surface area contributed by atoms with Gasteiger partial charge < -0.3 is 19.7 Å². The largest absolute Gasteiger partial charge is 0.457 e. The fourth-order valence-corrected chi connectivity index (χ4v) is 2.01. The molecule has 0 saturated carbocycles. The number of rotatable bonds is 8. The third-order valence-electron chi connectivity index (χ3n) is 3.28. The molecule has 0 spiro atoms. The predicted molar refractivity (Wildman–Crippen MR) is 86.1 cm³/mol. The van der Waals surface area contributed by atoms with Gasteiger partial charge in [0.1, 0.15) is 12.7 Å². The highest BCUT2D eigenvalue weighted by atomic mass is 16.6. The lowest BCUT2D eigenvalue weighted by Crippen LogP contribution is -2.38. The first-order valence-electron chi connectivity index (χ1n) is 7.46. The number of benzene rings is 1. The van der Waals surface area contributed by atoms with Crippen LogP contribution in [0.5, 0.6) is 0 Å². The first kappa shape index (κ1) is 18.6. The van der Waals surface area contributed by atoms with E-state index in [0.29, 0.717) is 5.56 Å². The molecule has 3 N–H and O–H groups in total. The molecule has 1 unspecified atom stereocenters. The van der Waals surface area contributed by atoms with Crippen LogP contribution < -0.4 is 11.2 Å². The number of aromatic nitrogens is 2. The van der Waals surface area contributed by atoms with E-state index in [1.807, 2.05) is 0 Å². The molecule has 0 amide bonds. The van der Waals surface area contributed by atoms with Crippen LogP contribution in [0.3, 0.4) is 0 Å². The number of hydrogen-bond acceptors (Lipinski definition) is 7. The second-order valence-corrected chi connectivity index (χ2v) is 5.06. The second kappa shape index (κ2) is 8.92. The number of ether oxygens (including phenoxy) is 2. The van der Waals surface area contributed by atoms with Gasteiger partial charge in [0.25, 0.3) is 5.56 Å². The Morgan fingerprint density at radius 3 is 2.40 bits per heavy atom. The molecule has 1 aromatic heterocycles. The standard InChI is InChI=1S/C16H18N2O7/c19-8-12(9-20)25-14(18-7-6-13(21)17-16(18)23)10-24-15(22)11-4-2-1-3-5-11/h1-7,12,14,19-20H,8-10H2,(H,17,21,23). The normalized spacial score (nSPS) is 12.1. The van der Waals surface area contributed by atoms with Gasteiger partial charge in [-0.05, 0) is 12.1 Å². The van der Waals surface area contributed by atoms with Gasteiger partial charge >= 0.3 is 11.7 Å². The molecule has 2 aromatic rings. The fourth-order valence-electron chi connectivity index (χ4n) is 2.01. The van der Waals surface area contributed by atoms with Crippen LogP contribution in [0.15, 0.2) is 52.2 Å². The van der Waals surface area contributed by atoms with Gasteiger partial charge in [0.15, 0.2) is 6.23 Å². The molecule has 9 nitrogen and oxygen atoms in total. The molecular weight excluding hydrogens is 332 g/mol. The average molecular weight is 350 g/mol. The van der Waals surface area contributed by atoms with Gasteiger partial charge in [-0.25, -0.2) is 9.59 Å². The number of aliphatic hydroxyl groups is 2. The van der Waals surface area contributed by atoms with E-state index in [4.69, 9.17) is 19.7 Å². The third kappa shape index (κ3) is 5.11. The first-order valence-corrected chi connectivity index (χ1v) is 7.46. The Hall–Kier alpha value is -2.75. The smallest absolute Gasteiger partial charge is 0.338 e. The van der Waals surface area contributed by atoms with E-state index in [-0.39, 0.29) is 6.61 Å². The van der Waals surface area contributed by atoms with E-state index in [1.165, 1.54) is 6.20 Å². The molecule has 0 fully saturated rings. The molecule has 0 saturated heterocycles. The highest BCUT2D eigenvalue weighted by Crippen LogP contribution is 2.11. The van der Waals surface area contributed by atoms with E-state index in [0.717, 1.165) is 10.6 Å². The Bertz CT molecular complexity index is 796. The van der Waals surface area contributed by atoms with E-state index in [2.05, 4.69) is 4.98 Å². The van der Waals surface area contributed by atoms with Crippen molar-refractivity contribution in [1.82, 2.24) is 9.55 Å². The van der Waals surface area contributed by atoms with Gasteiger partial charge in [-0.15, -0.1) is 0 Å². The van der Waals surface area contributed by atoms with Crippen LogP contribution in [0, 0.1) is 0 Å². The Kier molecular flexibility index (Phi) is 6.63. The van der Waals surface area contributed by atoms with E-state index in [9.17, 15) is 14.4 Å². The van der Waals surface area contributed by atoms with Crippen LogP contribution in [0.1, 0.15) is 16.6 Å². The van der Waals surface area contributed by atoms with E-state index in [1.54, 1.807) is 30.3 Å². The summed E-state index contributed by atoms with van der Waals surface area (Å²) in [6.07, 6.45) is -0.950. The molecule has 0 aliphatic rings. The molecule has 1 atom stereocenters. The summed E-state index contributed by atoms with van der Waals surface area (Å²) in [5, 5.41) is 18.3. The minimum absolute atomic E-state index is 0.316. The van der Waals surface area contributed by atoms with Crippen molar-refractivity contribution >= 4 is 5.97 Å². The summed E-state index contributed by atoms with van der Waals surface area (Å²) in [5.41, 5.74) is -1.05. The van der Waals surface area contributed by atoms with E-state index < -0.39 is 42.8 Å². The number of aromatic amines is 1. The van der Waals surface area contributed by atoms with Crippen molar-refractivity contribution in [3.05, 3.63) is 69.0 Å². The van der Waals surface area contributed by atoms with Crippen LogP contribution >= 0.6 is 0 Å². The quantitative estimate of drug-likeness (QED) is 0.535. The summed E-state index contributed by atoms with van der Waals surface area (Å²) in [7, 11) is 0. The number of nitrogens with zero attached hydrogens (tertiary/aromatic N) is 1. The number of aliphatic hydroxyl groups excluding tert-OH is 2. The van der Waals surface area contributed by atoms with Gasteiger partial charge in [-0.2, -0.15) is 0 Å². The molecule has 0 radical (unpaired) electrons. The van der Waals surface area contributed by atoms with Gasteiger partial charge in [-0.1, -0.05) is 18.2 Å². The van der Waals surface area contributed by atoms with Gasteiger partial charge in [0, 0.05) is 12.3 Å². The molecule has 9 heteroatoms. The second-order valence-electron chi connectivity index (χ2n) is 5.06. The predicted octanol–water partition coefficient (Wildman–Crippen LogP) is -0.738. The van der Waals surface area contributed by atoms with Crippen molar-refractivity contribution in [1.29, 1.82) is 0 Å². The molecule has 2 rings (SSSR count). The molecule has 0 bridgehead atoms. The maximum Gasteiger partial charge on any atom is 0.338 e. The zero-order valence-electron chi connectivity index (χ0n) is 13.2. The average Bonchev–Trinajstić information content (AvgIpc) is 2.63. The van der Waals surface area contributed by atoms with Crippen LogP contribution in [0.2, 0.25) is 0 Å². The van der Waals surface area contributed by atoms with Crippen molar-refractivity contribution in [2.75, 3.05) is 19.8 Å². The summed E-state index contributed by atoms with van der Waals surface area (Å²) in [6.45, 7) is -1.37. The molecule has 1 heterocycles. The van der Waals surface area contributed by atoms with Crippen molar-refractivity contribution in [3.8, 4) is 0 Å². The Labute approximate surface area is 142 Å². The van der Waals surface area contributed by atoms with Crippen LogP contribution in [0.4, 0.5) is 0 Å². The minimum Gasteiger partial charge on any atom is -0.457 e. The van der Waals surface area contributed by atoms with Crippen LogP contribution in [-0.2, 0) is 9.47 Å². The van der Waals surface area contributed by atoms with Crippen molar-refractivity contribution in [3.63, 3.8) is 0 Å². The first-order chi connectivity index (χ1) is 12.0. The topological polar surface area (TPSA) is 131 Å². The van der Waals surface area contributed by atoms with Crippen molar-refractivity contribution < 1.29 is 24.5 Å². The number of esters is 1. The molecule has 1 aromatic carbocycles. The summed E-state index contributed by atoms with van der Waals surface area (Å²) in [6, 6.07) is 9.32. The monoisotopic (exact) mass is 350 g/mol. The number of hydrogen-bond donors (Lipinski definition) is 3. The Balaban J connectivity index is 2.18. The van der Waals surface area contributed by atoms with E-state index >= 15 is 0 Å². The van der Waals surface area contributed by atoms with Crippen LogP contribution in [-0.4, -0.2) is 51.7 Å². The fraction of sp³-hybridized carbons (Fsp3) is 0.312. The molecular formula is C16H18N2O7. The SMILES string of the molecule is O=C(OCC(OC(CO)CO)n1ccc(=O)[nH]c1=O)c1ccccc1. The number of nitrogens with one attached hydrogen (secondary N) is 1. The minimum atomic E-state index is -1.14. The lowest BCUT2D eigenvalue weighted by atomic mass is 10.2. The van der Waals surface area contributed by atoms with Gasteiger partial charge in [-0.3, -0.25) is 14.3 Å². The van der Waals surface area contributed by atoms with Gasteiger partial charge in [0.05, 0.1) is 18.8 Å². The molecule has 25 heavy (non-hydrogen) atoms. The summed E-state index contributed by atoms with van der Waals surface area (Å²) in [5.74, 6) is -0.628. The zero-order valence-corrected chi connectivity index (χ0v) is 13.2. The van der Waals surface area contributed by atoms with Crippen molar-refractivity contribution in [2.24, 2.45) is 0 Å². The maximum absolute atomic E-state index is 12.0. The summed E-state index contributed by atoms with van der Waals surface area (Å²) in [4.78, 5) is 37.2. The lowest BCUT2D eigenvalue weighted by molar-refractivity contribution is -0.116.